The highest BCUT2D eigenvalue weighted by atomic mass is 32.1. The molecule has 0 aliphatic rings. The molecular formula is C10H13NO4S. The molecule has 0 radical (unpaired) electrons. The molecule has 5 nitrogen and oxygen atoms in total. The zero-order valence-electron chi connectivity index (χ0n) is 8.89. The van der Waals surface area contributed by atoms with E-state index in [4.69, 9.17) is 15.2 Å². The van der Waals surface area contributed by atoms with Gasteiger partial charge < -0.3 is 15.2 Å². The Morgan fingerprint density at radius 1 is 1.44 bits per heavy atom. The van der Waals surface area contributed by atoms with Crippen molar-refractivity contribution in [2.24, 2.45) is 0 Å². The van der Waals surface area contributed by atoms with E-state index in [9.17, 15) is 9.59 Å². The molecule has 0 aliphatic carbocycles. The summed E-state index contributed by atoms with van der Waals surface area (Å²) in [6.07, 6.45) is -0.287. The van der Waals surface area contributed by atoms with E-state index < -0.39 is 5.97 Å². The van der Waals surface area contributed by atoms with Crippen molar-refractivity contribution in [1.82, 2.24) is 0 Å². The lowest BCUT2D eigenvalue weighted by Gasteiger charge is -2.03. The molecule has 0 saturated carbocycles. The summed E-state index contributed by atoms with van der Waals surface area (Å²) in [5.41, 5.74) is 5.95. The van der Waals surface area contributed by atoms with Crippen LogP contribution in [0.2, 0.25) is 0 Å². The maximum absolute atomic E-state index is 11.6. The summed E-state index contributed by atoms with van der Waals surface area (Å²) in [7, 11) is 1.51. The Kier molecular flexibility index (Phi) is 4.94. The van der Waals surface area contributed by atoms with Gasteiger partial charge in [-0.25, -0.2) is 0 Å². The van der Waals surface area contributed by atoms with Crippen molar-refractivity contribution in [3.63, 3.8) is 0 Å². The average Bonchev–Trinajstić information content (AvgIpc) is 2.65. The molecule has 1 aromatic rings. The second-order valence-corrected chi connectivity index (χ2v) is 3.96. The van der Waals surface area contributed by atoms with E-state index in [0.717, 1.165) is 0 Å². The molecule has 16 heavy (non-hydrogen) atoms. The smallest absolute Gasteiger partial charge is 0.313 e. The summed E-state index contributed by atoms with van der Waals surface area (Å²) in [6, 6.07) is 1.60. The Labute approximate surface area is 97.2 Å². The Bertz CT molecular complexity index is 375. The van der Waals surface area contributed by atoms with Crippen molar-refractivity contribution in [3.05, 3.63) is 17.0 Å². The van der Waals surface area contributed by atoms with Crippen molar-refractivity contribution < 1.29 is 19.1 Å². The first-order valence-corrected chi connectivity index (χ1v) is 5.54. The molecule has 2 N–H and O–H groups in total. The summed E-state index contributed by atoms with van der Waals surface area (Å²) >= 11 is 1.27. The monoisotopic (exact) mass is 243 g/mol. The van der Waals surface area contributed by atoms with Gasteiger partial charge in [0, 0.05) is 7.11 Å². The predicted octanol–water partition coefficient (Wildman–Crippen LogP) is 1.09. The quantitative estimate of drug-likeness (QED) is 0.350. The third-order valence-corrected chi connectivity index (χ3v) is 2.60. The molecule has 0 aromatic carbocycles. The molecule has 1 heterocycles. The normalized spacial score (nSPS) is 10.1. The van der Waals surface area contributed by atoms with Crippen molar-refractivity contribution in [2.45, 2.75) is 6.42 Å². The zero-order valence-corrected chi connectivity index (χ0v) is 9.71. The van der Waals surface area contributed by atoms with Gasteiger partial charge in [-0.3, -0.25) is 9.59 Å². The van der Waals surface area contributed by atoms with Crippen LogP contribution in [0.4, 0.5) is 5.00 Å². The minimum Gasteiger partial charge on any atom is -0.463 e. The number of hydrogen-bond acceptors (Lipinski definition) is 6. The van der Waals surface area contributed by atoms with Gasteiger partial charge in [-0.1, -0.05) is 0 Å². The van der Waals surface area contributed by atoms with E-state index in [1.54, 1.807) is 11.4 Å². The number of carbonyl (C=O) groups is 2. The molecule has 0 fully saturated rings. The summed E-state index contributed by atoms with van der Waals surface area (Å²) in [6.45, 7) is 0.474. The molecular weight excluding hydrogens is 230 g/mol. The largest absolute Gasteiger partial charge is 0.463 e. The van der Waals surface area contributed by atoms with Gasteiger partial charge in [0.1, 0.15) is 13.0 Å². The number of nitrogens with two attached hydrogens (primary N) is 1. The van der Waals surface area contributed by atoms with Crippen LogP contribution in [0.5, 0.6) is 0 Å². The van der Waals surface area contributed by atoms with Crippen LogP contribution in [0, 0.1) is 0 Å². The minimum atomic E-state index is -0.562. The van der Waals surface area contributed by atoms with Gasteiger partial charge in [0.05, 0.1) is 17.2 Å². The minimum absolute atomic E-state index is 0.154. The Morgan fingerprint density at radius 3 is 2.75 bits per heavy atom. The molecule has 0 unspecified atom stereocenters. The molecule has 0 atom stereocenters. The SMILES string of the molecule is COCCOC(=O)CC(=O)c1ccsc1N. The van der Waals surface area contributed by atoms with E-state index in [-0.39, 0.29) is 18.8 Å². The lowest BCUT2D eigenvalue weighted by Crippen LogP contribution is -2.14. The number of thiophene rings is 1. The van der Waals surface area contributed by atoms with Crippen molar-refractivity contribution in [3.8, 4) is 0 Å². The van der Waals surface area contributed by atoms with Crippen LogP contribution < -0.4 is 5.73 Å². The van der Waals surface area contributed by atoms with Gasteiger partial charge >= 0.3 is 5.97 Å². The molecule has 0 bridgehead atoms. The van der Waals surface area contributed by atoms with E-state index in [0.29, 0.717) is 17.2 Å². The van der Waals surface area contributed by atoms with E-state index in [1.165, 1.54) is 18.4 Å². The molecule has 0 saturated heterocycles. The van der Waals surface area contributed by atoms with Crippen LogP contribution in [0.1, 0.15) is 16.8 Å². The zero-order chi connectivity index (χ0) is 12.0. The average molecular weight is 243 g/mol. The molecule has 0 amide bonds. The Hall–Kier alpha value is -1.40. The summed E-state index contributed by atoms with van der Waals surface area (Å²) in [5, 5.41) is 2.13. The fourth-order valence-corrected chi connectivity index (χ4v) is 1.73. The van der Waals surface area contributed by atoms with E-state index >= 15 is 0 Å². The standard InChI is InChI=1S/C10H13NO4S/c1-14-3-4-15-9(13)6-8(12)7-2-5-16-10(7)11/h2,5H,3-4,6,11H2,1H3. The third-order valence-electron chi connectivity index (χ3n) is 1.85. The van der Waals surface area contributed by atoms with Crippen LogP contribution in [0.25, 0.3) is 0 Å². The fraction of sp³-hybridized carbons (Fsp3) is 0.400. The predicted molar refractivity (Wildman–Crippen MR) is 60.5 cm³/mol. The van der Waals surface area contributed by atoms with E-state index in [2.05, 4.69) is 0 Å². The molecule has 6 heteroatoms. The van der Waals surface area contributed by atoms with Gasteiger partial charge in [-0.05, 0) is 11.4 Å². The number of carbonyl (C=O) groups excluding carboxylic acids is 2. The number of Topliss-reactive ketones (excluding diaryl/α,β-unsaturated/α-hetero) is 1. The topological polar surface area (TPSA) is 78.6 Å². The van der Waals surface area contributed by atoms with Crippen molar-refractivity contribution in [2.75, 3.05) is 26.1 Å². The number of ether oxygens (including phenoxy) is 2. The van der Waals surface area contributed by atoms with Crippen LogP contribution in [0.3, 0.4) is 0 Å². The third kappa shape index (κ3) is 3.63. The second kappa shape index (κ2) is 6.24. The van der Waals surface area contributed by atoms with Gasteiger partial charge in [-0.2, -0.15) is 0 Å². The number of esters is 1. The molecule has 0 spiro atoms. The molecule has 1 aromatic heterocycles. The number of methoxy groups -OCH3 is 1. The van der Waals surface area contributed by atoms with Gasteiger partial charge in [0.25, 0.3) is 0 Å². The highest BCUT2D eigenvalue weighted by molar-refractivity contribution is 7.14. The number of hydrogen-bond donors (Lipinski definition) is 1. The first-order chi connectivity index (χ1) is 7.65. The van der Waals surface area contributed by atoms with Crippen LogP contribution >= 0.6 is 11.3 Å². The summed E-state index contributed by atoms with van der Waals surface area (Å²) < 4.78 is 9.48. The van der Waals surface area contributed by atoms with Gasteiger partial charge in [0.2, 0.25) is 0 Å². The van der Waals surface area contributed by atoms with Crippen molar-refractivity contribution in [1.29, 1.82) is 0 Å². The lowest BCUT2D eigenvalue weighted by molar-refractivity contribution is -0.143. The van der Waals surface area contributed by atoms with Crippen molar-refractivity contribution >= 4 is 28.1 Å². The first kappa shape index (κ1) is 12.7. The Balaban J connectivity index is 2.40. The maximum Gasteiger partial charge on any atom is 0.313 e. The highest BCUT2D eigenvalue weighted by Gasteiger charge is 2.15. The van der Waals surface area contributed by atoms with Gasteiger partial charge in [-0.15, -0.1) is 11.3 Å². The second-order valence-electron chi connectivity index (χ2n) is 3.01. The lowest BCUT2D eigenvalue weighted by atomic mass is 10.1. The van der Waals surface area contributed by atoms with Crippen LogP contribution in [-0.2, 0) is 14.3 Å². The summed E-state index contributed by atoms with van der Waals surface area (Å²) in [5.74, 6) is -0.881. The van der Waals surface area contributed by atoms with Crippen LogP contribution in [0.15, 0.2) is 11.4 Å². The number of rotatable bonds is 6. The van der Waals surface area contributed by atoms with Crippen LogP contribution in [-0.4, -0.2) is 32.1 Å². The molecule has 88 valence electrons. The number of ketones is 1. The van der Waals surface area contributed by atoms with Gasteiger partial charge in [0.15, 0.2) is 5.78 Å². The Morgan fingerprint density at radius 2 is 2.19 bits per heavy atom. The fourth-order valence-electron chi connectivity index (χ4n) is 1.07. The summed E-state index contributed by atoms with van der Waals surface area (Å²) in [4.78, 5) is 22.8. The molecule has 0 aliphatic heterocycles. The number of nitrogen functional groups attached to an aromatic ring is 1. The number of anilines is 1. The maximum atomic E-state index is 11.6. The molecule has 1 rings (SSSR count). The first-order valence-electron chi connectivity index (χ1n) is 4.66. The highest BCUT2D eigenvalue weighted by Crippen LogP contribution is 2.20. The van der Waals surface area contributed by atoms with E-state index in [1.807, 2.05) is 0 Å².